The first-order chi connectivity index (χ1) is 7.18. The lowest BCUT2D eigenvalue weighted by Crippen LogP contribution is -2.03. The van der Waals surface area contributed by atoms with Gasteiger partial charge >= 0.3 is 0 Å². The van der Waals surface area contributed by atoms with Gasteiger partial charge in [-0.25, -0.2) is 0 Å². The highest BCUT2D eigenvalue weighted by Crippen LogP contribution is 2.18. The topological polar surface area (TPSA) is 30.0 Å². The number of ketones is 1. The summed E-state index contributed by atoms with van der Waals surface area (Å²) in [6.45, 7) is 1.92. The van der Waals surface area contributed by atoms with Crippen LogP contribution in [0.15, 0.2) is 29.8 Å². The standard InChI is InChI=1S/C11H8ClNOS/c1-7-9(4-5-15-7)11(14)10-3-2-8(12)6-13-10/h2-6H,1H3. The number of carbonyl (C=O) groups is 1. The number of pyridine rings is 1. The zero-order valence-electron chi connectivity index (χ0n) is 8.03. The Balaban J connectivity index is 2.37. The molecule has 0 N–H and O–H groups in total. The minimum Gasteiger partial charge on any atom is -0.287 e. The summed E-state index contributed by atoms with van der Waals surface area (Å²) in [5.74, 6) is -0.0505. The van der Waals surface area contributed by atoms with Crippen LogP contribution in [0.2, 0.25) is 5.02 Å². The monoisotopic (exact) mass is 237 g/mol. The van der Waals surface area contributed by atoms with Crippen molar-refractivity contribution in [2.24, 2.45) is 0 Å². The molecule has 0 aliphatic rings. The maximum absolute atomic E-state index is 11.9. The SMILES string of the molecule is Cc1sccc1C(=O)c1ccc(Cl)cn1. The highest BCUT2D eigenvalue weighted by Gasteiger charge is 2.13. The minimum atomic E-state index is -0.0505. The van der Waals surface area contributed by atoms with Crippen molar-refractivity contribution in [3.8, 4) is 0 Å². The summed E-state index contributed by atoms with van der Waals surface area (Å²) >= 11 is 7.26. The van der Waals surface area contributed by atoms with Crippen molar-refractivity contribution in [1.82, 2.24) is 4.98 Å². The van der Waals surface area contributed by atoms with Crippen LogP contribution >= 0.6 is 22.9 Å². The average molecular weight is 238 g/mol. The zero-order chi connectivity index (χ0) is 10.8. The fourth-order valence-corrected chi connectivity index (χ4v) is 2.08. The van der Waals surface area contributed by atoms with Gasteiger partial charge in [-0.05, 0) is 30.5 Å². The summed E-state index contributed by atoms with van der Waals surface area (Å²) in [5, 5.41) is 2.44. The zero-order valence-corrected chi connectivity index (χ0v) is 9.60. The quantitative estimate of drug-likeness (QED) is 0.750. The van der Waals surface area contributed by atoms with Crippen molar-refractivity contribution in [2.75, 3.05) is 0 Å². The van der Waals surface area contributed by atoms with Gasteiger partial charge in [-0.15, -0.1) is 11.3 Å². The molecule has 15 heavy (non-hydrogen) atoms. The molecule has 0 aromatic carbocycles. The van der Waals surface area contributed by atoms with Crippen LogP contribution in [0.1, 0.15) is 20.9 Å². The van der Waals surface area contributed by atoms with Crippen LogP contribution in [0, 0.1) is 6.92 Å². The summed E-state index contributed by atoms with van der Waals surface area (Å²) in [4.78, 5) is 16.9. The smallest absolute Gasteiger partial charge is 0.212 e. The first-order valence-electron chi connectivity index (χ1n) is 4.39. The third-order valence-electron chi connectivity index (χ3n) is 2.06. The van der Waals surface area contributed by atoms with Crippen molar-refractivity contribution in [3.63, 3.8) is 0 Å². The number of rotatable bonds is 2. The number of halogens is 1. The summed E-state index contributed by atoms with van der Waals surface area (Å²) in [5.41, 5.74) is 1.15. The molecule has 0 atom stereocenters. The Morgan fingerprint density at radius 1 is 1.40 bits per heavy atom. The van der Waals surface area contributed by atoms with Gasteiger partial charge in [0.25, 0.3) is 0 Å². The molecule has 0 radical (unpaired) electrons. The molecule has 2 nitrogen and oxygen atoms in total. The lowest BCUT2D eigenvalue weighted by atomic mass is 10.1. The van der Waals surface area contributed by atoms with Gasteiger partial charge in [-0.2, -0.15) is 0 Å². The van der Waals surface area contributed by atoms with E-state index in [1.165, 1.54) is 6.20 Å². The van der Waals surface area contributed by atoms with Crippen LogP contribution in [-0.4, -0.2) is 10.8 Å². The first-order valence-corrected chi connectivity index (χ1v) is 5.64. The third kappa shape index (κ3) is 2.08. The van der Waals surface area contributed by atoms with Gasteiger partial charge in [0.15, 0.2) is 0 Å². The lowest BCUT2D eigenvalue weighted by molar-refractivity contribution is 0.103. The van der Waals surface area contributed by atoms with E-state index in [4.69, 9.17) is 11.6 Å². The number of hydrogen-bond acceptors (Lipinski definition) is 3. The number of aromatic nitrogens is 1. The van der Waals surface area contributed by atoms with Crippen LogP contribution < -0.4 is 0 Å². The molecule has 0 amide bonds. The normalized spacial score (nSPS) is 10.3. The number of aryl methyl sites for hydroxylation is 1. The van der Waals surface area contributed by atoms with E-state index in [1.807, 2.05) is 18.4 Å². The van der Waals surface area contributed by atoms with Gasteiger partial charge in [-0.3, -0.25) is 9.78 Å². The molecule has 76 valence electrons. The summed E-state index contributed by atoms with van der Waals surface area (Å²) in [6, 6.07) is 5.13. The second kappa shape index (κ2) is 4.13. The first kappa shape index (κ1) is 10.3. The molecule has 2 heterocycles. The van der Waals surface area contributed by atoms with E-state index >= 15 is 0 Å². The van der Waals surface area contributed by atoms with Crippen molar-refractivity contribution in [1.29, 1.82) is 0 Å². The van der Waals surface area contributed by atoms with E-state index in [0.717, 1.165) is 10.4 Å². The van der Waals surface area contributed by atoms with Crippen molar-refractivity contribution in [2.45, 2.75) is 6.92 Å². The van der Waals surface area contributed by atoms with Crippen LogP contribution in [0.5, 0.6) is 0 Å². The molecule has 0 bridgehead atoms. The van der Waals surface area contributed by atoms with Gasteiger partial charge in [0.2, 0.25) is 5.78 Å². The molecule has 2 aromatic rings. The van der Waals surface area contributed by atoms with Crippen LogP contribution in [-0.2, 0) is 0 Å². The predicted molar refractivity (Wildman–Crippen MR) is 61.7 cm³/mol. The fourth-order valence-electron chi connectivity index (χ4n) is 1.27. The molecular weight excluding hydrogens is 230 g/mol. The molecule has 4 heteroatoms. The molecule has 0 saturated heterocycles. The number of carbonyl (C=O) groups excluding carboxylic acids is 1. The third-order valence-corrected chi connectivity index (χ3v) is 3.13. The van der Waals surface area contributed by atoms with Crippen molar-refractivity contribution in [3.05, 3.63) is 50.9 Å². The summed E-state index contributed by atoms with van der Waals surface area (Å²) in [6.07, 6.45) is 1.48. The summed E-state index contributed by atoms with van der Waals surface area (Å²) in [7, 11) is 0. The van der Waals surface area contributed by atoms with Crippen LogP contribution in [0.3, 0.4) is 0 Å². The molecule has 0 aliphatic carbocycles. The molecule has 0 saturated carbocycles. The number of thiophene rings is 1. The second-order valence-corrected chi connectivity index (χ2v) is 4.64. The second-order valence-electron chi connectivity index (χ2n) is 3.08. The molecule has 0 spiro atoms. The predicted octanol–water partition coefficient (Wildman–Crippen LogP) is 3.34. The van der Waals surface area contributed by atoms with Gasteiger partial charge in [0.05, 0.1) is 5.02 Å². The molecule has 2 rings (SSSR count). The van der Waals surface area contributed by atoms with Gasteiger partial charge in [-0.1, -0.05) is 11.6 Å². The van der Waals surface area contributed by atoms with E-state index in [-0.39, 0.29) is 5.78 Å². The number of nitrogens with zero attached hydrogens (tertiary/aromatic N) is 1. The maximum Gasteiger partial charge on any atom is 0.212 e. The van der Waals surface area contributed by atoms with Crippen LogP contribution in [0.4, 0.5) is 0 Å². The Morgan fingerprint density at radius 3 is 2.73 bits per heavy atom. The van der Waals surface area contributed by atoms with E-state index in [2.05, 4.69) is 4.98 Å². The summed E-state index contributed by atoms with van der Waals surface area (Å²) < 4.78 is 0. The Kier molecular flexibility index (Phi) is 2.84. The Labute approximate surface area is 96.5 Å². The van der Waals surface area contributed by atoms with E-state index in [0.29, 0.717) is 10.7 Å². The Hall–Kier alpha value is -1.19. The van der Waals surface area contributed by atoms with E-state index in [9.17, 15) is 4.79 Å². The highest BCUT2D eigenvalue weighted by atomic mass is 35.5. The average Bonchev–Trinajstić information content (AvgIpc) is 2.65. The molecule has 0 fully saturated rings. The van der Waals surface area contributed by atoms with Gasteiger partial charge in [0.1, 0.15) is 5.69 Å². The van der Waals surface area contributed by atoms with E-state index in [1.54, 1.807) is 23.5 Å². The Morgan fingerprint density at radius 2 is 2.20 bits per heavy atom. The molecule has 0 unspecified atom stereocenters. The van der Waals surface area contributed by atoms with Crippen LogP contribution in [0.25, 0.3) is 0 Å². The van der Waals surface area contributed by atoms with Gasteiger partial charge < -0.3 is 0 Å². The van der Waals surface area contributed by atoms with E-state index < -0.39 is 0 Å². The highest BCUT2D eigenvalue weighted by molar-refractivity contribution is 7.10. The lowest BCUT2D eigenvalue weighted by Gasteiger charge is -1.98. The van der Waals surface area contributed by atoms with Crippen molar-refractivity contribution >= 4 is 28.7 Å². The molecule has 0 aliphatic heterocycles. The fraction of sp³-hybridized carbons (Fsp3) is 0.0909. The largest absolute Gasteiger partial charge is 0.287 e. The molecular formula is C11H8ClNOS. The molecule has 2 aromatic heterocycles. The number of hydrogen-bond donors (Lipinski definition) is 0. The minimum absolute atomic E-state index is 0.0505. The maximum atomic E-state index is 11.9. The van der Waals surface area contributed by atoms with Crippen molar-refractivity contribution < 1.29 is 4.79 Å². The Bertz CT molecular complexity index is 490. The van der Waals surface area contributed by atoms with Gasteiger partial charge in [0, 0.05) is 16.6 Å².